The van der Waals surface area contributed by atoms with Crippen LogP contribution in [-0.4, -0.2) is 14.8 Å². The number of hydrogen-bond acceptors (Lipinski definition) is 3. The van der Waals surface area contributed by atoms with Crippen LogP contribution in [0.1, 0.15) is 17.0 Å². The number of hydrogen-bond donors (Lipinski definition) is 0. The molecule has 0 amide bonds. The fourth-order valence-electron chi connectivity index (χ4n) is 2.15. The van der Waals surface area contributed by atoms with E-state index in [0.717, 1.165) is 18.8 Å². The van der Waals surface area contributed by atoms with Gasteiger partial charge in [0.05, 0.1) is 0 Å². The summed E-state index contributed by atoms with van der Waals surface area (Å²) in [5.74, 6) is 0.907. The van der Waals surface area contributed by atoms with Crippen LogP contribution < -0.4 is 0 Å². The quantitative estimate of drug-likeness (QED) is 0.689. The van der Waals surface area contributed by atoms with Crippen molar-refractivity contribution in [3.05, 3.63) is 77.6 Å². The Morgan fingerprint density at radius 3 is 2.05 bits per heavy atom. The first-order valence-corrected chi connectivity index (χ1v) is 6.91. The highest BCUT2D eigenvalue weighted by Gasteiger charge is 2.06. The third kappa shape index (κ3) is 2.86. The van der Waals surface area contributed by atoms with E-state index in [4.69, 9.17) is 12.6 Å². The molecule has 0 aliphatic carbocycles. The van der Waals surface area contributed by atoms with Gasteiger partial charge in [0.2, 0.25) is 0 Å². The summed E-state index contributed by atoms with van der Waals surface area (Å²) in [6.45, 7) is 0.717. The first-order chi connectivity index (χ1) is 9.83. The topological polar surface area (TPSA) is 30.7 Å². The second-order valence-corrected chi connectivity index (χ2v) is 5.00. The molecule has 0 unspecified atom stereocenters. The van der Waals surface area contributed by atoms with Gasteiger partial charge in [-0.1, -0.05) is 60.7 Å². The lowest BCUT2D eigenvalue weighted by molar-refractivity contribution is 0.677. The van der Waals surface area contributed by atoms with Gasteiger partial charge in [0.1, 0.15) is 5.82 Å². The van der Waals surface area contributed by atoms with Gasteiger partial charge < -0.3 is 17.2 Å². The molecule has 0 aliphatic rings. The van der Waals surface area contributed by atoms with E-state index in [0.29, 0.717) is 5.16 Å². The zero-order valence-electron chi connectivity index (χ0n) is 10.9. The van der Waals surface area contributed by atoms with Crippen molar-refractivity contribution < 1.29 is 0 Å². The average Bonchev–Trinajstić information content (AvgIpc) is 2.83. The molecule has 1 heterocycles. The third-order valence-electron chi connectivity index (χ3n) is 3.18. The van der Waals surface area contributed by atoms with Gasteiger partial charge in [-0.05, 0) is 11.1 Å². The fraction of sp³-hybridized carbons (Fsp3) is 0.125. The Labute approximate surface area is 123 Å². The summed E-state index contributed by atoms with van der Waals surface area (Å²) in [7, 11) is 0. The molecule has 0 saturated carbocycles. The highest BCUT2D eigenvalue weighted by atomic mass is 32.1. The van der Waals surface area contributed by atoms with Gasteiger partial charge in [0.15, 0.2) is 0 Å². The van der Waals surface area contributed by atoms with Crippen molar-refractivity contribution in [3.8, 4) is 0 Å². The van der Waals surface area contributed by atoms with Gasteiger partial charge >= 0.3 is 0 Å². The average molecular weight is 280 g/mol. The molecule has 20 heavy (non-hydrogen) atoms. The summed E-state index contributed by atoms with van der Waals surface area (Å²) in [6, 6.07) is 20.5. The second-order valence-electron chi connectivity index (χ2n) is 4.63. The smallest absolute Gasteiger partial charge is 0.136 e. The first kappa shape index (κ1) is 12.8. The maximum atomic E-state index is 5.28. The Morgan fingerprint density at radius 1 is 0.800 bits per heavy atom. The molecule has 0 bridgehead atoms. The van der Waals surface area contributed by atoms with Gasteiger partial charge in [0.25, 0.3) is 0 Å². The molecular weight excluding hydrogens is 266 g/mol. The Hall–Kier alpha value is -2.20. The van der Waals surface area contributed by atoms with Crippen LogP contribution in [0.5, 0.6) is 0 Å². The monoisotopic (exact) mass is 280 g/mol. The first-order valence-electron chi connectivity index (χ1n) is 6.50. The minimum atomic E-state index is 0.541. The molecule has 3 aromatic rings. The Kier molecular flexibility index (Phi) is 3.74. The predicted octanol–water partition coefficient (Wildman–Crippen LogP) is 2.82. The minimum absolute atomic E-state index is 0.541. The number of rotatable bonds is 4. The number of benzene rings is 2. The van der Waals surface area contributed by atoms with Crippen molar-refractivity contribution in [3.63, 3.8) is 0 Å². The number of nitrogens with zero attached hydrogens (tertiary/aromatic N) is 3. The van der Waals surface area contributed by atoms with E-state index < -0.39 is 0 Å². The molecule has 0 spiro atoms. The van der Waals surface area contributed by atoms with Gasteiger partial charge in [-0.3, -0.25) is 0 Å². The largest absolute Gasteiger partial charge is 0.740 e. The summed E-state index contributed by atoms with van der Waals surface area (Å²) in [5, 5.41) is 8.79. The lowest BCUT2D eigenvalue weighted by Crippen LogP contribution is -2.07. The van der Waals surface area contributed by atoms with Crippen molar-refractivity contribution in [2.45, 2.75) is 18.1 Å². The molecule has 4 heteroatoms. The van der Waals surface area contributed by atoms with E-state index in [9.17, 15) is 0 Å². The van der Waals surface area contributed by atoms with Crippen molar-refractivity contribution >= 4 is 12.6 Å². The van der Waals surface area contributed by atoms with Gasteiger partial charge in [-0.2, -0.15) is 5.10 Å². The van der Waals surface area contributed by atoms with E-state index >= 15 is 0 Å². The van der Waals surface area contributed by atoms with E-state index in [1.807, 2.05) is 41.0 Å². The van der Waals surface area contributed by atoms with Crippen LogP contribution in [0.25, 0.3) is 0 Å². The molecule has 3 nitrogen and oxygen atoms in total. The van der Waals surface area contributed by atoms with Crippen LogP contribution >= 0.6 is 0 Å². The van der Waals surface area contributed by atoms with Gasteiger partial charge in [-0.25, -0.2) is 0 Å². The van der Waals surface area contributed by atoms with Crippen molar-refractivity contribution in [2.24, 2.45) is 0 Å². The molecule has 1 aromatic heterocycles. The molecule has 0 N–H and O–H groups in total. The zero-order valence-corrected chi connectivity index (χ0v) is 11.8. The molecule has 0 atom stereocenters. The molecule has 0 aliphatic heterocycles. The second kappa shape index (κ2) is 5.84. The highest BCUT2D eigenvalue weighted by Crippen LogP contribution is 2.12. The molecule has 0 fully saturated rings. The highest BCUT2D eigenvalue weighted by molar-refractivity contribution is 7.58. The lowest BCUT2D eigenvalue weighted by atomic mass is 10.1. The maximum Gasteiger partial charge on any atom is 0.136 e. The summed E-state index contributed by atoms with van der Waals surface area (Å²) < 4.78 is 2.00. The van der Waals surface area contributed by atoms with E-state index in [1.54, 1.807) is 0 Å². The zero-order chi connectivity index (χ0) is 13.8. The number of aromatic nitrogens is 3. The third-order valence-corrected chi connectivity index (χ3v) is 3.48. The van der Waals surface area contributed by atoms with E-state index in [-0.39, 0.29) is 0 Å². The van der Waals surface area contributed by atoms with Crippen LogP contribution in [-0.2, 0) is 25.6 Å². The van der Waals surface area contributed by atoms with Gasteiger partial charge in [0, 0.05) is 18.1 Å². The van der Waals surface area contributed by atoms with Crippen molar-refractivity contribution in [1.82, 2.24) is 14.8 Å². The molecule has 100 valence electrons. The standard InChI is InChI=1S/C16H15N3S/c20-16-18-17-15(11-13-7-3-1-4-8-13)19(16)12-14-9-5-2-6-10-14/h1-10H,11-12H2,(H,18,20)/p-1. The van der Waals surface area contributed by atoms with E-state index in [1.165, 1.54) is 11.1 Å². The van der Waals surface area contributed by atoms with E-state index in [2.05, 4.69) is 34.5 Å². The Bertz CT molecular complexity index is 677. The minimum Gasteiger partial charge on any atom is -0.740 e. The summed E-state index contributed by atoms with van der Waals surface area (Å²) in [5.41, 5.74) is 2.41. The van der Waals surface area contributed by atoms with Gasteiger partial charge in [-0.15, -0.1) is 5.10 Å². The lowest BCUT2D eigenvalue weighted by Gasteiger charge is -2.13. The normalized spacial score (nSPS) is 10.6. The molecular formula is C16H14N3S-. The summed E-state index contributed by atoms with van der Waals surface area (Å²) in [6.07, 6.45) is 0.747. The summed E-state index contributed by atoms with van der Waals surface area (Å²) in [4.78, 5) is 0. The Morgan fingerprint density at radius 2 is 1.40 bits per heavy atom. The van der Waals surface area contributed by atoms with Crippen molar-refractivity contribution in [2.75, 3.05) is 0 Å². The van der Waals surface area contributed by atoms with Crippen LogP contribution in [0.15, 0.2) is 65.8 Å². The molecule has 0 radical (unpaired) electrons. The Balaban J connectivity index is 1.86. The molecule has 0 saturated heterocycles. The van der Waals surface area contributed by atoms with Crippen LogP contribution in [0, 0.1) is 0 Å². The maximum absolute atomic E-state index is 5.28. The van der Waals surface area contributed by atoms with Crippen LogP contribution in [0.2, 0.25) is 0 Å². The molecule has 2 aromatic carbocycles. The van der Waals surface area contributed by atoms with Crippen LogP contribution in [0.3, 0.4) is 0 Å². The summed E-state index contributed by atoms with van der Waals surface area (Å²) >= 11 is 5.28. The predicted molar refractivity (Wildman–Crippen MR) is 80.4 cm³/mol. The SMILES string of the molecule is [S-]c1nnc(Cc2ccccc2)n1Cc1ccccc1. The fourth-order valence-corrected chi connectivity index (χ4v) is 2.36. The molecule has 3 rings (SSSR count). The van der Waals surface area contributed by atoms with Crippen molar-refractivity contribution in [1.29, 1.82) is 0 Å². The van der Waals surface area contributed by atoms with Crippen LogP contribution in [0.4, 0.5) is 0 Å².